The van der Waals surface area contributed by atoms with Crippen LogP contribution in [0.2, 0.25) is 5.02 Å². The summed E-state index contributed by atoms with van der Waals surface area (Å²) in [5.74, 6) is -0.299. The van der Waals surface area contributed by atoms with Crippen LogP contribution in [0.4, 0.5) is 4.39 Å². The van der Waals surface area contributed by atoms with Crippen LogP contribution in [-0.4, -0.2) is 11.5 Å². The number of hydrogen-bond donors (Lipinski definition) is 1. The minimum atomic E-state index is -0.299. The maximum absolute atomic E-state index is 13.4. The molecule has 0 amide bonds. The zero-order valence-corrected chi connectivity index (χ0v) is 12.1. The van der Waals surface area contributed by atoms with Crippen molar-refractivity contribution < 1.29 is 4.39 Å². The molecule has 0 aliphatic carbocycles. The van der Waals surface area contributed by atoms with E-state index in [0.717, 1.165) is 22.2 Å². The smallest absolute Gasteiger partial charge is 0.125 e. The monoisotopic (exact) mass is 300 g/mol. The first-order valence-corrected chi connectivity index (χ1v) is 7.11. The predicted octanol–water partition coefficient (Wildman–Crippen LogP) is 4.20. The molecule has 0 radical (unpaired) electrons. The van der Waals surface area contributed by atoms with E-state index in [4.69, 9.17) is 17.3 Å². The van der Waals surface area contributed by atoms with Gasteiger partial charge in [-0.1, -0.05) is 29.8 Å². The molecular formula is C17H14ClFN2. The van der Waals surface area contributed by atoms with E-state index in [1.807, 2.05) is 30.3 Å². The summed E-state index contributed by atoms with van der Waals surface area (Å²) in [6.45, 7) is 0.520. The summed E-state index contributed by atoms with van der Waals surface area (Å²) in [6, 6.07) is 14.1. The van der Waals surface area contributed by atoms with Crippen molar-refractivity contribution >= 4 is 22.5 Å². The molecule has 0 aliphatic rings. The van der Waals surface area contributed by atoms with Gasteiger partial charge < -0.3 is 5.73 Å². The minimum Gasteiger partial charge on any atom is -0.330 e. The number of aromatic nitrogens is 1. The zero-order valence-electron chi connectivity index (χ0n) is 11.3. The molecule has 2 N–H and O–H groups in total. The van der Waals surface area contributed by atoms with E-state index in [2.05, 4.69) is 4.98 Å². The SMILES string of the molecule is NCCc1cc2ccc(F)cc2nc1-c1ccccc1Cl. The van der Waals surface area contributed by atoms with Crippen molar-refractivity contribution in [2.45, 2.75) is 6.42 Å². The zero-order chi connectivity index (χ0) is 14.8. The largest absolute Gasteiger partial charge is 0.330 e. The fourth-order valence-electron chi connectivity index (χ4n) is 2.42. The lowest BCUT2D eigenvalue weighted by molar-refractivity contribution is 0.629. The molecule has 3 aromatic rings. The second-order valence-electron chi connectivity index (χ2n) is 4.85. The Kier molecular flexibility index (Phi) is 3.86. The van der Waals surface area contributed by atoms with Crippen molar-refractivity contribution in [3.05, 3.63) is 64.9 Å². The number of pyridine rings is 1. The lowest BCUT2D eigenvalue weighted by Crippen LogP contribution is -2.05. The van der Waals surface area contributed by atoms with Gasteiger partial charge in [-0.05, 0) is 42.8 Å². The number of nitrogens with zero attached hydrogens (tertiary/aromatic N) is 1. The van der Waals surface area contributed by atoms with E-state index in [1.54, 1.807) is 6.07 Å². The second kappa shape index (κ2) is 5.80. The van der Waals surface area contributed by atoms with E-state index < -0.39 is 0 Å². The van der Waals surface area contributed by atoms with Crippen LogP contribution in [-0.2, 0) is 6.42 Å². The summed E-state index contributed by atoms with van der Waals surface area (Å²) >= 11 is 6.27. The predicted molar refractivity (Wildman–Crippen MR) is 84.9 cm³/mol. The van der Waals surface area contributed by atoms with E-state index >= 15 is 0 Å². The molecule has 0 spiro atoms. The van der Waals surface area contributed by atoms with Crippen LogP contribution < -0.4 is 5.73 Å². The average Bonchev–Trinajstić information content (AvgIpc) is 2.48. The van der Waals surface area contributed by atoms with Crippen molar-refractivity contribution in [3.8, 4) is 11.3 Å². The Bertz CT molecular complexity index is 802. The molecule has 4 heteroatoms. The first-order valence-electron chi connectivity index (χ1n) is 6.73. The van der Waals surface area contributed by atoms with Gasteiger partial charge in [-0.25, -0.2) is 9.37 Å². The third-order valence-electron chi connectivity index (χ3n) is 3.40. The highest BCUT2D eigenvalue weighted by Gasteiger charge is 2.12. The molecule has 3 rings (SSSR count). The number of rotatable bonds is 3. The standard InChI is InChI=1S/C17H14ClFN2/c18-15-4-2-1-3-14(15)17-12(7-8-20)9-11-5-6-13(19)10-16(11)21-17/h1-6,9-10H,7-8,20H2. The highest BCUT2D eigenvalue weighted by Crippen LogP contribution is 2.31. The van der Waals surface area contributed by atoms with E-state index in [1.165, 1.54) is 12.1 Å². The van der Waals surface area contributed by atoms with Crippen LogP contribution in [0.25, 0.3) is 22.2 Å². The summed E-state index contributed by atoms with van der Waals surface area (Å²) in [7, 11) is 0. The summed E-state index contributed by atoms with van der Waals surface area (Å²) < 4.78 is 13.4. The van der Waals surface area contributed by atoms with Gasteiger partial charge in [-0.2, -0.15) is 0 Å². The maximum atomic E-state index is 13.4. The Morgan fingerprint density at radius 1 is 1.10 bits per heavy atom. The van der Waals surface area contributed by atoms with Gasteiger partial charge in [-0.3, -0.25) is 0 Å². The van der Waals surface area contributed by atoms with E-state index in [9.17, 15) is 4.39 Å². The Morgan fingerprint density at radius 2 is 1.90 bits per heavy atom. The van der Waals surface area contributed by atoms with E-state index in [0.29, 0.717) is 23.5 Å². The van der Waals surface area contributed by atoms with Gasteiger partial charge >= 0.3 is 0 Å². The van der Waals surface area contributed by atoms with Crippen LogP contribution in [0.5, 0.6) is 0 Å². The normalized spacial score (nSPS) is 11.0. The molecule has 0 fully saturated rings. The van der Waals surface area contributed by atoms with Crippen molar-refractivity contribution in [3.63, 3.8) is 0 Å². The minimum absolute atomic E-state index is 0.299. The fraction of sp³-hybridized carbons (Fsp3) is 0.118. The quantitative estimate of drug-likeness (QED) is 0.787. The summed E-state index contributed by atoms with van der Waals surface area (Å²) in [5, 5.41) is 1.52. The maximum Gasteiger partial charge on any atom is 0.125 e. The topological polar surface area (TPSA) is 38.9 Å². The van der Waals surface area contributed by atoms with Crippen molar-refractivity contribution in [1.82, 2.24) is 4.98 Å². The van der Waals surface area contributed by atoms with Gasteiger partial charge in [0.05, 0.1) is 11.2 Å². The molecule has 2 nitrogen and oxygen atoms in total. The third kappa shape index (κ3) is 2.75. The summed E-state index contributed by atoms with van der Waals surface area (Å²) in [4.78, 5) is 4.61. The van der Waals surface area contributed by atoms with Crippen LogP contribution >= 0.6 is 11.6 Å². The van der Waals surface area contributed by atoms with Crippen molar-refractivity contribution in [1.29, 1.82) is 0 Å². The van der Waals surface area contributed by atoms with Crippen molar-refractivity contribution in [2.24, 2.45) is 5.73 Å². The molecule has 106 valence electrons. The van der Waals surface area contributed by atoms with Gasteiger partial charge in [0, 0.05) is 22.0 Å². The third-order valence-corrected chi connectivity index (χ3v) is 3.73. The van der Waals surface area contributed by atoms with Gasteiger partial charge in [0.1, 0.15) is 5.82 Å². The molecule has 0 saturated carbocycles. The van der Waals surface area contributed by atoms with Crippen LogP contribution in [0.15, 0.2) is 48.5 Å². The Balaban J connectivity index is 2.28. The molecule has 0 atom stereocenters. The first kappa shape index (κ1) is 14.0. The molecule has 0 saturated heterocycles. The molecule has 0 aliphatic heterocycles. The number of hydrogen-bond acceptors (Lipinski definition) is 2. The second-order valence-corrected chi connectivity index (χ2v) is 5.26. The molecular weight excluding hydrogens is 287 g/mol. The molecule has 1 aromatic heterocycles. The lowest BCUT2D eigenvalue weighted by Gasteiger charge is -2.11. The van der Waals surface area contributed by atoms with Gasteiger partial charge in [0.15, 0.2) is 0 Å². The summed E-state index contributed by atoms with van der Waals surface area (Å²) in [6.07, 6.45) is 0.695. The molecule has 0 unspecified atom stereocenters. The number of nitrogens with two attached hydrogens (primary N) is 1. The summed E-state index contributed by atoms with van der Waals surface area (Å²) in [5.41, 5.74) is 8.94. The van der Waals surface area contributed by atoms with Crippen molar-refractivity contribution in [2.75, 3.05) is 6.54 Å². The molecule has 0 bridgehead atoms. The molecule has 21 heavy (non-hydrogen) atoms. The Hall–Kier alpha value is -1.97. The van der Waals surface area contributed by atoms with Gasteiger partial charge in [0.2, 0.25) is 0 Å². The lowest BCUT2D eigenvalue weighted by atomic mass is 10.0. The molecule has 2 aromatic carbocycles. The van der Waals surface area contributed by atoms with Crippen LogP contribution in [0.3, 0.4) is 0 Å². The van der Waals surface area contributed by atoms with Gasteiger partial charge in [-0.15, -0.1) is 0 Å². The van der Waals surface area contributed by atoms with Crippen LogP contribution in [0.1, 0.15) is 5.56 Å². The number of benzene rings is 2. The fourth-order valence-corrected chi connectivity index (χ4v) is 2.64. The Labute approximate surface area is 127 Å². The van der Waals surface area contributed by atoms with Gasteiger partial charge in [0.25, 0.3) is 0 Å². The highest BCUT2D eigenvalue weighted by atomic mass is 35.5. The number of fused-ring (bicyclic) bond motifs is 1. The average molecular weight is 301 g/mol. The number of halogens is 2. The van der Waals surface area contributed by atoms with Crippen LogP contribution in [0, 0.1) is 5.82 Å². The first-order chi connectivity index (χ1) is 10.2. The Morgan fingerprint density at radius 3 is 2.67 bits per heavy atom. The van der Waals surface area contributed by atoms with E-state index in [-0.39, 0.29) is 5.82 Å². The highest BCUT2D eigenvalue weighted by molar-refractivity contribution is 6.33. The molecule has 1 heterocycles.